The van der Waals surface area contributed by atoms with Crippen LogP contribution in [0.4, 0.5) is 4.79 Å². The lowest BCUT2D eigenvalue weighted by atomic mass is 10.2. The number of carbonyl (C=O) groups excluding carboxylic acids is 1. The lowest BCUT2D eigenvalue weighted by molar-refractivity contribution is 0.105. The summed E-state index contributed by atoms with van der Waals surface area (Å²) in [6, 6.07) is 3.73. The standard InChI is InChI=1S/C12H17N3O2S/c1-2-17-12(16)15(7-5-11(13)18)9-10-4-3-6-14-8-10/h3-4,6,8H,2,5,7,9H2,1H3,(H2,13,18). The molecule has 0 fully saturated rings. The molecule has 1 aromatic rings. The van der Waals surface area contributed by atoms with Gasteiger partial charge in [0, 0.05) is 25.4 Å². The first-order valence-corrected chi connectivity index (χ1v) is 6.13. The smallest absolute Gasteiger partial charge is 0.410 e. The maximum atomic E-state index is 11.8. The number of amides is 1. The van der Waals surface area contributed by atoms with Crippen LogP contribution in [-0.2, 0) is 11.3 Å². The Morgan fingerprint density at radius 3 is 2.94 bits per heavy atom. The lowest BCUT2D eigenvalue weighted by Gasteiger charge is -2.21. The topological polar surface area (TPSA) is 68.5 Å². The minimum absolute atomic E-state index is 0.343. The zero-order chi connectivity index (χ0) is 13.4. The molecule has 18 heavy (non-hydrogen) atoms. The Bertz CT molecular complexity index is 398. The fourth-order valence-corrected chi connectivity index (χ4v) is 1.50. The van der Waals surface area contributed by atoms with Gasteiger partial charge in [0.25, 0.3) is 0 Å². The van der Waals surface area contributed by atoms with Gasteiger partial charge in [-0.15, -0.1) is 0 Å². The molecule has 0 bridgehead atoms. The summed E-state index contributed by atoms with van der Waals surface area (Å²) in [5.41, 5.74) is 6.39. The van der Waals surface area contributed by atoms with Crippen molar-refractivity contribution in [3.05, 3.63) is 30.1 Å². The Balaban J connectivity index is 2.64. The van der Waals surface area contributed by atoms with E-state index in [4.69, 9.17) is 22.7 Å². The van der Waals surface area contributed by atoms with Crippen molar-refractivity contribution in [2.45, 2.75) is 19.9 Å². The summed E-state index contributed by atoms with van der Waals surface area (Å²) in [6.07, 6.45) is 3.52. The van der Waals surface area contributed by atoms with Crippen LogP contribution >= 0.6 is 12.2 Å². The van der Waals surface area contributed by atoms with E-state index in [1.54, 1.807) is 24.2 Å². The molecule has 98 valence electrons. The van der Waals surface area contributed by atoms with Crippen LogP contribution < -0.4 is 5.73 Å². The molecule has 1 amide bonds. The van der Waals surface area contributed by atoms with E-state index in [1.165, 1.54) is 0 Å². The number of hydrogen-bond donors (Lipinski definition) is 1. The summed E-state index contributed by atoms with van der Waals surface area (Å²) in [7, 11) is 0. The van der Waals surface area contributed by atoms with Crippen LogP contribution in [0, 0.1) is 0 Å². The molecule has 0 spiro atoms. The number of ether oxygens (including phenoxy) is 1. The molecule has 0 unspecified atom stereocenters. The minimum atomic E-state index is -0.363. The van der Waals surface area contributed by atoms with E-state index in [2.05, 4.69) is 4.98 Å². The van der Waals surface area contributed by atoms with Gasteiger partial charge in [0.2, 0.25) is 0 Å². The molecule has 0 aromatic carbocycles. The lowest BCUT2D eigenvalue weighted by Crippen LogP contribution is -2.33. The van der Waals surface area contributed by atoms with Crippen LogP contribution in [-0.4, -0.2) is 34.1 Å². The molecule has 0 radical (unpaired) electrons. The summed E-state index contributed by atoms with van der Waals surface area (Å²) in [5.74, 6) is 0. The summed E-state index contributed by atoms with van der Waals surface area (Å²) >= 11 is 4.82. The van der Waals surface area contributed by atoms with Gasteiger partial charge in [-0.05, 0) is 18.6 Å². The summed E-state index contributed by atoms with van der Waals surface area (Å²) in [4.78, 5) is 17.7. The van der Waals surface area contributed by atoms with Crippen LogP contribution in [0.3, 0.4) is 0 Å². The summed E-state index contributed by atoms with van der Waals surface area (Å²) < 4.78 is 4.99. The number of carbonyl (C=O) groups is 1. The van der Waals surface area contributed by atoms with Crippen molar-refractivity contribution in [3.8, 4) is 0 Å². The van der Waals surface area contributed by atoms with Crippen LogP contribution in [0.25, 0.3) is 0 Å². The third-order valence-corrected chi connectivity index (χ3v) is 2.45. The maximum Gasteiger partial charge on any atom is 0.410 e. The highest BCUT2D eigenvalue weighted by atomic mass is 32.1. The SMILES string of the molecule is CCOC(=O)N(CCC(N)=S)Cc1cccnc1. The molecule has 1 aromatic heterocycles. The summed E-state index contributed by atoms with van der Waals surface area (Å²) in [5, 5.41) is 0. The van der Waals surface area contributed by atoms with Gasteiger partial charge in [0.15, 0.2) is 0 Å². The van der Waals surface area contributed by atoms with Crippen molar-refractivity contribution >= 4 is 23.3 Å². The first-order valence-electron chi connectivity index (χ1n) is 5.72. The quantitative estimate of drug-likeness (QED) is 0.795. The Morgan fingerprint density at radius 2 is 2.39 bits per heavy atom. The second-order valence-electron chi connectivity index (χ2n) is 3.70. The Labute approximate surface area is 112 Å². The highest BCUT2D eigenvalue weighted by Gasteiger charge is 2.15. The van der Waals surface area contributed by atoms with Gasteiger partial charge < -0.3 is 15.4 Å². The molecule has 0 saturated carbocycles. The number of thiocarbonyl (C=S) groups is 1. The van der Waals surface area contributed by atoms with Crippen molar-refractivity contribution in [1.29, 1.82) is 0 Å². The van der Waals surface area contributed by atoms with Gasteiger partial charge in [-0.1, -0.05) is 18.3 Å². The fraction of sp³-hybridized carbons (Fsp3) is 0.417. The molecule has 6 heteroatoms. The van der Waals surface area contributed by atoms with Gasteiger partial charge >= 0.3 is 6.09 Å². The second-order valence-corrected chi connectivity index (χ2v) is 4.22. The molecule has 0 saturated heterocycles. The molecule has 0 aliphatic rings. The average Bonchev–Trinajstić information content (AvgIpc) is 2.35. The van der Waals surface area contributed by atoms with E-state index < -0.39 is 0 Å². The molecular formula is C12H17N3O2S. The molecule has 2 N–H and O–H groups in total. The number of pyridine rings is 1. The first kappa shape index (κ1) is 14.4. The zero-order valence-electron chi connectivity index (χ0n) is 10.3. The zero-order valence-corrected chi connectivity index (χ0v) is 11.2. The third kappa shape index (κ3) is 5.09. The van der Waals surface area contributed by atoms with Crippen LogP contribution in [0.1, 0.15) is 18.9 Å². The van der Waals surface area contributed by atoms with E-state index in [1.807, 2.05) is 12.1 Å². The molecule has 0 atom stereocenters. The average molecular weight is 267 g/mol. The van der Waals surface area contributed by atoms with E-state index >= 15 is 0 Å². The van der Waals surface area contributed by atoms with Gasteiger partial charge in [0.1, 0.15) is 0 Å². The van der Waals surface area contributed by atoms with Gasteiger partial charge in [-0.3, -0.25) is 4.98 Å². The number of rotatable bonds is 6. The molecule has 0 aliphatic heterocycles. The second kappa shape index (κ2) is 7.60. The highest BCUT2D eigenvalue weighted by molar-refractivity contribution is 7.80. The van der Waals surface area contributed by atoms with Crippen molar-refractivity contribution in [1.82, 2.24) is 9.88 Å². The number of hydrogen-bond acceptors (Lipinski definition) is 4. The van der Waals surface area contributed by atoms with E-state index in [-0.39, 0.29) is 6.09 Å². The number of nitrogens with zero attached hydrogens (tertiary/aromatic N) is 2. The van der Waals surface area contributed by atoms with Crippen molar-refractivity contribution < 1.29 is 9.53 Å². The molecular weight excluding hydrogens is 250 g/mol. The Kier molecular flexibility index (Phi) is 6.07. The predicted molar refractivity (Wildman–Crippen MR) is 73.1 cm³/mol. The first-order chi connectivity index (χ1) is 8.63. The van der Waals surface area contributed by atoms with Gasteiger partial charge in [0.05, 0.1) is 18.1 Å². The molecule has 0 aliphatic carbocycles. The number of aromatic nitrogens is 1. The maximum absolute atomic E-state index is 11.8. The van der Waals surface area contributed by atoms with Crippen molar-refractivity contribution in [2.75, 3.05) is 13.2 Å². The summed E-state index contributed by atoms with van der Waals surface area (Å²) in [6.45, 7) is 3.00. The van der Waals surface area contributed by atoms with Crippen LogP contribution in [0.2, 0.25) is 0 Å². The van der Waals surface area contributed by atoms with Crippen molar-refractivity contribution in [2.24, 2.45) is 5.73 Å². The molecule has 1 rings (SSSR count). The number of nitrogens with two attached hydrogens (primary N) is 1. The third-order valence-electron chi connectivity index (χ3n) is 2.25. The minimum Gasteiger partial charge on any atom is -0.450 e. The molecule has 5 nitrogen and oxygen atoms in total. The highest BCUT2D eigenvalue weighted by Crippen LogP contribution is 2.06. The van der Waals surface area contributed by atoms with Crippen molar-refractivity contribution in [3.63, 3.8) is 0 Å². The van der Waals surface area contributed by atoms with Crippen LogP contribution in [0.5, 0.6) is 0 Å². The van der Waals surface area contributed by atoms with E-state index in [0.29, 0.717) is 31.1 Å². The van der Waals surface area contributed by atoms with E-state index in [0.717, 1.165) is 5.56 Å². The normalized spacial score (nSPS) is 9.83. The predicted octanol–water partition coefficient (Wildman–Crippen LogP) is 1.72. The fourth-order valence-electron chi connectivity index (χ4n) is 1.41. The van der Waals surface area contributed by atoms with Gasteiger partial charge in [-0.25, -0.2) is 4.79 Å². The van der Waals surface area contributed by atoms with E-state index in [9.17, 15) is 4.79 Å². The Morgan fingerprint density at radius 1 is 1.61 bits per heavy atom. The van der Waals surface area contributed by atoms with Gasteiger partial charge in [-0.2, -0.15) is 0 Å². The van der Waals surface area contributed by atoms with Crippen LogP contribution in [0.15, 0.2) is 24.5 Å². The monoisotopic (exact) mass is 267 g/mol. The Hall–Kier alpha value is -1.69. The largest absolute Gasteiger partial charge is 0.450 e. The molecule has 1 heterocycles.